The molecule has 5 nitrogen and oxygen atoms in total. The molecule has 1 fully saturated rings. The van der Waals surface area contributed by atoms with Crippen molar-refractivity contribution in [3.63, 3.8) is 0 Å². The van der Waals surface area contributed by atoms with Crippen molar-refractivity contribution >= 4 is 40.5 Å². The van der Waals surface area contributed by atoms with Crippen molar-refractivity contribution in [2.75, 3.05) is 13.1 Å². The van der Waals surface area contributed by atoms with E-state index in [0.717, 1.165) is 30.8 Å². The maximum atomic E-state index is 13.3. The number of hydrogen-bond donors (Lipinski definition) is 1. The van der Waals surface area contributed by atoms with Crippen molar-refractivity contribution in [2.24, 2.45) is 5.92 Å². The van der Waals surface area contributed by atoms with Gasteiger partial charge in [-0.15, -0.1) is 0 Å². The Balaban J connectivity index is 1.62. The van der Waals surface area contributed by atoms with Gasteiger partial charge < -0.3 is 14.4 Å². The molecule has 0 saturated carbocycles. The van der Waals surface area contributed by atoms with E-state index in [1.807, 2.05) is 0 Å². The molecule has 0 bridgehead atoms. The Morgan fingerprint density at radius 2 is 1.89 bits per heavy atom. The molecule has 1 N–H and O–H groups in total. The molecule has 3 heterocycles. The molecular formula is C26H26Cl2F3N3O2. The second kappa shape index (κ2) is 9.98. The lowest BCUT2D eigenvalue weighted by Crippen LogP contribution is -2.33. The second-order valence-corrected chi connectivity index (χ2v) is 10.1. The number of carboxylic acids is 1. The lowest BCUT2D eigenvalue weighted by Gasteiger charge is -2.34. The summed E-state index contributed by atoms with van der Waals surface area (Å²) < 4.78 is 41.4. The normalized spacial score (nSPS) is 15.0. The molecule has 36 heavy (non-hydrogen) atoms. The van der Waals surface area contributed by atoms with E-state index < -0.39 is 17.7 Å². The Morgan fingerprint density at radius 3 is 2.50 bits per heavy atom. The Labute approximate surface area is 217 Å². The van der Waals surface area contributed by atoms with Crippen LogP contribution in [0, 0.1) is 19.8 Å². The largest absolute Gasteiger partial charge is 0.481 e. The number of carbonyl (C=O) groups is 1. The molecule has 1 aromatic carbocycles. The first-order chi connectivity index (χ1) is 16.9. The fourth-order valence-electron chi connectivity index (χ4n) is 4.77. The van der Waals surface area contributed by atoms with Crippen LogP contribution in [0.15, 0.2) is 31.0 Å². The smallest absolute Gasteiger partial charge is 0.417 e. The summed E-state index contributed by atoms with van der Waals surface area (Å²) in [7, 11) is 0. The van der Waals surface area contributed by atoms with Crippen LogP contribution in [0.2, 0.25) is 10.0 Å². The number of piperidine rings is 1. The molecule has 0 aliphatic carbocycles. The summed E-state index contributed by atoms with van der Waals surface area (Å²) in [5.41, 5.74) is 3.36. The van der Waals surface area contributed by atoms with Crippen molar-refractivity contribution in [1.82, 2.24) is 14.3 Å². The SMILES string of the molecule is C=C(c1ccc(Cl)c(Cc2nc3c(C)cc(C(F)(F)F)cn3c2C)c1Cl)N1CCC(CC(=O)O)CC1. The fourth-order valence-corrected chi connectivity index (χ4v) is 5.38. The van der Waals surface area contributed by atoms with Crippen LogP contribution < -0.4 is 0 Å². The van der Waals surface area contributed by atoms with Crippen LogP contribution in [0.1, 0.15) is 52.9 Å². The van der Waals surface area contributed by atoms with Gasteiger partial charge in [0.2, 0.25) is 0 Å². The lowest BCUT2D eigenvalue weighted by molar-refractivity contribution is -0.139. The Bertz CT molecular complexity index is 1340. The standard InChI is InChI=1S/C26H26Cl2F3N3O2/c1-14-10-18(26(29,30)31)13-34-16(3)22(32-25(14)34)12-20-21(27)5-4-19(24(20)28)15(2)33-8-6-17(7-9-33)11-23(35)36/h4-5,10,13,17H,2,6-9,11-12H2,1,3H3,(H,35,36). The van der Waals surface area contributed by atoms with E-state index >= 15 is 0 Å². The number of rotatable bonds is 6. The van der Waals surface area contributed by atoms with E-state index in [1.165, 1.54) is 4.40 Å². The summed E-state index contributed by atoms with van der Waals surface area (Å²) in [4.78, 5) is 17.7. The third kappa shape index (κ3) is 5.20. The second-order valence-electron chi connectivity index (χ2n) is 9.29. The quantitative estimate of drug-likeness (QED) is 0.365. The Hall–Kier alpha value is -2.71. The van der Waals surface area contributed by atoms with Gasteiger partial charge in [0.25, 0.3) is 0 Å². The zero-order valence-electron chi connectivity index (χ0n) is 19.9. The van der Waals surface area contributed by atoms with E-state index in [0.29, 0.717) is 56.9 Å². The molecule has 0 unspecified atom stereocenters. The number of aromatic nitrogens is 2. The average molecular weight is 540 g/mol. The van der Waals surface area contributed by atoms with Gasteiger partial charge in [-0.25, -0.2) is 4.98 Å². The zero-order chi connectivity index (χ0) is 26.4. The van der Waals surface area contributed by atoms with Crippen LogP contribution in [0.3, 0.4) is 0 Å². The van der Waals surface area contributed by atoms with Gasteiger partial charge in [0, 0.05) is 54.1 Å². The number of aliphatic carboxylic acids is 1. The van der Waals surface area contributed by atoms with Crippen molar-refractivity contribution < 1.29 is 23.1 Å². The van der Waals surface area contributed by atoms with Gasteiger partial charge in [-0.05, 0) is 61.9 Å². The minimum absolute atomic E-state index is 0.141. The fraction of sp³-hybridized carbons (Fsp3) is 0.385. The van der Waals surface area contributed by atoms with Crippen LogP contribution in [0.4, 0.5) is 13.2 Å². The third-order valence-corrected chi connectivity index (χ3v) is 7.65. The van der Waals surface area contributed by atoms with Crippen molar-refractivity contribution in [2.45, 2.75) is 45.7 Å². The Kier molecular flexibility index (Phi) is 7.30. The molecule has 4 rings (SSSR count). The van der Waals surface area contributed by atoms with Crippen molar-refractivity contribution in [3.05, 3.63) is 74.7 Å². The number of pyridine rings is 1. The highest BCUT2D eigenvalue weighted by atomic mass is 35.5. The van der Waals surface area contributed by atoms with Gasteiger partial charge >= 0.3 is 12.1 Å². The highest BCUT2D eigenvalue weighted by Crippen LogP contribution is 2.37. The molecular weight excluding hydrogens is 514 g/mol. The molecule has 0 spiro atoms. The van der Waals surface area contributed by atoms with E-state index in [9.17, 15) is 18.0 Å². The molecule has 1 saturated heterocycles. The molecule has 2 aromatic heterocycles. The summed E-state index contributed by atoms with van der Waals surface area (Å²) in [5.74, 6) is -0.646. The molecule has 192 valence electrons. The number of benzene rings is 1. The topological polar surface area (TPSA) is 57.8 Å². The first-order valence-electron chi connectivity index (χ1n) is 11.5. The zero-order valence-corrected chi connectivity index (χ0v) is 21.4. The lowest BCUT2D eigenvalue weighted by atomic mass is 9.92. The van der Waals surface area contributed by atoms with Crippen molar-refractivity contribution in [1.29, 1.82) is 0 Å². The molecule has 0 atom stereocenters. The first kappa shape index (κ1) is 26.4. The number of carboxylic acid groups (broad SMARTS) is 1. The number of halogens is 5. The molecule has 3 aromatic rings. The monoisotopic (exact) mass is 539 g/mol. The number of likely N-dealkylation sites (tertiary alicyclic amines) is 1. The Morgan fingerprint density at radius 1 is 1.22 bits per heavy atom. The number of aryl methyl sites for hydroxylation is 2. The van der Waals surface area contributed by atoms with E-state index in [1.54, 1.807) is 26.0 Å². The van der Waals surface area contributed by atoms with Crippen LogP contribution in [0.5, 0.6) is 0 Å². The summed E-state index contributed by atoms with van der Waals surface area (Å²) in [6, 6.07) is 4.63. The van der Waals surface area contributed by atoms with E-state index in [2.05, 4.69) is 16.5 Å². The minimum atomic E-state index is -4.46. The summed E-state index contributed by atoms with van der Waals surface area (Å²) in [6.07, 6.45) is -1.49. The number of fused-ring (bicyclic) bond motifs is 1. The van der Waals surface area contributed by atoms with Crippen LogP contribution >= 0.6 is 23.2 Å². The maximum absolute atomic E-state index is 13.3. The number of alkyl halides is 3. The first-order valence-corrected chi connectivity index (χ1v) is 12.3. The average Bonchev–Trinajstić information content (AvgIpc) is 3.12. The highest BCUT2D eigenvalue weighted by Gasteiger charge is 2.32. The summed E-state index contributed by atoms with van der Waals surface area (Å²) >= 11 is 13.3. The van der Waals surface area contributed by atoms with Gasteiger partial charge in [0.05, 0.1) is 16.3 Å². The third-order valence-electron chi connectivity index (χ3n) is 6.87. The maximum Gasteiger partial charge on any atom is 0.417 e. The van der Waals surface area contributed by atoms with Crippen LogP contribution in [-0.2, 0) is 17.4 Å². The number of nitrogens with zero attached hydrogens (tertiary/aromatic N) is 3. The number of hydrogen-bond acceptors (Lipinski definition) is 3. The van der Waals surface area contributed by atoms with Gasteiger partial charge in [0.15, 0.2) is 0 Å². The minimum Gasteiger partial charge on any atom is -0.481 e. The molecule has 0 amide bonds. The summed E-state index contributed by atoms with van der Waals surface area (Å²) in [6.45, 7) is 8.91. The molecule has 0 radical (unpaired) electrons. The van der Waals surface area contributed by atoms with Gasteiger partial charge in [-0.2, -0.15) is 13.2 Å². The van der Waals surface area contributed by atoms with Gasteiger partial charge in [-0.3, -0.25) is 4.79 Å². The predicted molar refractivity (Wildman–Crippen MR) is 135 cm³/mol. The summed E-state index contributed by atoms with van der Waals surface area (Å²) in [5, 5.41) is 9.90. The highest BCUT2D eigenvalue weighted by molar-refractivity contribution is 6.37. The molecule has 1 aliphatic rings. The predicted octanol–water partition coefficient (Wildman–Crippen LogP) is 7.02. The van der Waals surface area contributed by atoms with Gasteiger partial charge in [0.1, 0.15) is 5.65 Å². The number of imidazole rings is 1. The van der Waals surface area contributed by atoms with Crippen LogP contribution in [0.25, 0.3) is 11.3 Å². The molecule has 1 aliphatic heterocycles. The van der Waals surface area contributed by atoms with Crippen molar-refractivity contribution in [3.8, 4) is 0 Å². The van der Waals surface area contributed by atoms with E-state index in [4.69, 9.17) is 28.3 Å². The molecule has 10 heteroatoms. The van der Waals surface area contributed by atoms with Gasteiger partial charge in [-0.1, -0.05) is 29.8 Å². The van der Waals surface area contributed by atoms with Crippen LogP contribution in [-0.4, -0.2) is 38.4 Å². The van der Waals surface area contributed by atoms with E-state index in [-0.39, 0.29) is 18.8 Å².